The Morgan fingerprint density at radius 3 is 3.18 bits per heavy atom. The standard InChI is InChI=1S/C21H21N3O3S/c1-25-13-15-4-3-9-24(15)11-14-12-26-18-10-16(6-7-17(14)18)27-21-23-20-19(28-21)5-2-8-22-20/h2,5-8,10,12,15H,3-4,9,11,13H2,1H3/t15-/m0/s1. The lowest BCUT2D eigenvalue weighted by molar-refractivity contribution is 0.112. The van der Waals surface area contributed by atoms with E-state index in [1.807, 2.05) is 30.5 Å². The van der Waals surface area contributed by atoms with Crippen LogP contribution in [0.2, 0.25) is 0 Å². The zero-order chi connectivity index (χ0) is 18.9. The molecule has 6 nitrogen and oxygen atoms in total. The number of aromatic nitrogens is 2. The van der Waals surface area contributed by atoms with Crippen molar-refractivity contribution < 1.29 is 13.9 Å². The Hall–Kier alpha value is -2.48. The number of methoxy groups -OCH3 is 1. The Balaban J connectivity index is 1.35. The maximum Gasteiger partial charge on any atom is 0.281 e. The van der Waals surface area contributed by atoms with Gasteiger partial charge in [0.05, 0.1) is 17.6 Å². The van der Waals surface area contributed by atoms with Gasteiger partial charge < -0.3 is 13.9 Å². The molecular formula is C21H21N3O3S. The molecule has 1 aromatic carbocycles. The van der Waals surface area contributed by atoms with Gasteiger partial charge in [-0.05, 0) is 43.7 Å². The second kappa shape index (κ2) is 7.50. The van der Waals surface area contributed by atoms with Crippen LogP contribution in [0.5, 0.6) is 10.9 Å². The molecule has 1 atom stereocenters. The Morgan fingerprint density at radius 1 is 1.32 bits per heavy atom. The molecule has 0 N–H and O–H groups in total. The highest BCUT2D eigenvalue weighted by Crippen LogP contribution is 2.33. The summed E-state index contributed by atoms with van der Waals surface area (Å²) in [7, 11) is 1.77. The van der Waals surface area contributed by atoms with Gasteiger partial charge in [0.2, 0.25) is 0 Å². The van der Waals surface area contributed by atoms with Crippen molar-refractivity contribution in [2.45, 2.75) is 25.4 Å². The number of furan rings is 1. The number of hydrogen-bond donors (Lipinski definition) is 0. The predicted octanol–water partition coefficient (Wildman–Crippen LogP) is 4.84. The first-order valence-electron chi connectivity index (χ1n) is 9.43. The van der Waals surface area contributed by atoms with Crippen LogP contribution < -0.4 is 4.74 Å². The number of ether oxygens (including phenoxy) is 2. The van der Waals surface area contributed by atoms with Gasteiger partial charge in [-0.3, -0.25) is 4.90 Å². The van der Waals surface area contributed by atoms with E-state index in [9.17, 15) is 0 Å². The molecule has 0 spiro atoms. The molecule has 3 aromatic heterocycles. The van der Waals surface area contributed by atoms with Gasteiger partial charge in [0.15, 0.2) is 5.65 Å². The average molecular weight is 395 g/mol. The van der Waals surface area contributed by atoms with Gasteiger partial charge in [-0.25, -0.2) is 4.98 Å². The van der Waals surface area contributed by atoms with E-state index in [0.717, 1.165) is 35.4 Å². The fourth-order valence-electron chi connectivity index (χ4n) is 3.85. The molecule has 0 bridgehead atoms. The van der Waals surface area contributed by atoms with Crippen LogP contribution in [0.3, 0.4) is 0 Å². The van der Waals surface area contributed by atoms with Gasteiger partial charge >= 0.3 is 0 Å². The van der Waals surface area contributed by atoms with E-state index in [4.69, 9.17) is 13.9 Å². The summed E-state index contributed by atoms with van der Waals surface area (Å²) in [6, 6.07) is 10.3. The van der Waals surface area contributed by atoms with Gasteiger partial charge in [0, 0.05) is 42.9 Å². The molecule has 7 heteroatoms. The monoisotopic (exact) mass is 395 g/mol. The fraction of sp³-hybridized carbons (Fsp3) is 0.333. The minimum atomic E-state index is 0.491. The van der Waals surface area contributed by atoms with Crippen molar-refractivity contribution in [1.29, 1.82) is 0 Å². The molecule has 4 aromatic rings. The lowest BCUT2D eigenvalue weighted by atomic mass is 10.1. The van der Waals surface area contributed by atoms with Crippen molar-refractivity contribution in [3.8, 4) is 10.9 Å². The Labute approximate surface area is 166 Å². The predicted molar refractivity (Wildman–Crippen MR) is 109 cm³/mol. The highest BCUT2D eigenvalue weighted by Gasteiger charge is 2.25. The third-order valence-electron chi connectivity index (χ3n) is 5.21. The topological polar surface area (TPSA) is 60.6 Å². The molecule has 5 rings (SSSR count). The number of likely N-dealkylation sites (tertiary alicyclic amines) is 1. The molecule has 144 valence electrons. The van der Waals surface area contributed by atoms with Crippen molar-refractivity contribution in [2.24, 2.45) is 0 Å². The van der Waals surface area contributed by atoms with Crippen molar-refractivity contribution >= 4 is 32.7 Å². The number of fused-ring (bicyclic) bond motifs is 2. The van der Waals surface area contributed by atoms with Crippen molar-refractivity contribution in [3.63, 3.8) is 0 Å². The SMILES string of the molecule is COC[C@@H]1CCCN1Cc1coc2cc(Oc3nc4ncccc4s3)ccc12. The molecule has 1 aliphatic heterocycles. The summed E-state index contributed by atoms with van der Waals surface area (Å²) in [6.45, 7) is 2.77. The lowest BCUT2D eigenvalue weighted by Crippen LogP contribution is -2.32. The van der Waals surface area contributed by atoms with Gasteiger partial charge in [-0.2, -0.15) is 4.98 Å². The summed E-state index contributed by atoms with van der Waals surface area (Å²) >= 11 is 1.48. The van der Waals surface area contributed by atoms with E-state index >= 15 is 0 Å². The van der Waals surface area contributed by atoms with Crippen molar-refractivity contribution in [1.82, 2.24) is 14.9 Å². The van der Waals surface area contributed by atoms with Crippen LogP contribution in [0.4, 0.5) is 0 Å². The zero-order valence-corrected chi connectivity index (χ0v) is 16.4. The van der Waals surface area contributed by atoms with Crippen LogP contribution in [0.1, 0.15) is 18.4 Å². The van der Waals surface area contributed by atoms with Crippen LogP contribution in [-0.4, -0.2) is 41.2 Å². The lowest BCUT2D eigenvalue weighted by Gasteiger charge is -2.23. The van der Waals surface area contributed by atoms with Gasteiger partial charge in [-0.1, -0.05) is 11.3 Å². The molecule has 1 fully saturated rings. The fourth-order valence-corrected chi connectivity index (χ4v) is 4.64. The van der Waals surface area contributed by atoms with Crippen molar-refractivity contribution in [3.05, 3.63) is 48.4 Å². The number of hydrogen-bond acceptors (Lipinski definition) is 7. The highest BCUT2D eigenvalue weighted by molar-refractivity contribution is 7.20. The minimum absolute atomic E-state index is 0.491. The van der Waals surface area contributed by atoms with Crippen LogP contribution in [-0.2, 0) is 11.3 Å². The average Bonchev–Trinajstić information content (AvgIpc) is 3.41. The quantitative estimate of drug-likeness (QED) is 0.465. The minimum Gasteiger partial charge on any atom is -0.464 e. The van der Waals surface area contributed by atoms with Gasteiger partial charge in [0.1, 0.15) is 11.3 Å². The van der Waals surface area contributed by atoms with Crippen LogP contribution in [0.15, 0.2) is 47.2 Å². The molecule has 1 saturated heterocycles. The van der Waals surface area contributed by atoms with E-state index in [2.05, 4.69) is 20.9 Å². The number of benzene rings is 1. The molecular weight excluding hydrogens is 374 g/mol. The first-order chi connectivity index (χ1) is 13.8. The normalized spacial score (nSPS) is 17.7. The molecule has 28 heavy (non-hydrogen) atoms. The maximum atomic E-state index is 5.94. The summed E-state index contributed by atoms with van der Waals surface area (Å²) in [5.41, 5.74) is 2.74. The maximum absolute atomic E-state index is 5.94. The first kappa shape index (κ1) is 17.6. The summed E-state index contributed by atoms with van der Waals surface area (Å²) in [6.07, 6.45) is 6.01. The van der Waals surface area contributed by atoms with E-state index < -0.39 is 0 Å². The second-order valence-corrected chi connectivity index (χ2v) is 8.04. The second-order valence-electron chi connectivity index (χ2n) is 7.05. The number of nitrogens with zero attached hydrogens (tertiary/aromatic N) is 3. The third-order valence-corrected chi connectivity index (χ3v) is 6.10. The molecule has 0 aliphatic carbocycles. The Bertz CT molecular complexity index is 1070. The molecule has 0 saturated carbocycles. The summed E-state index contributed by atoms with van der Waals surface area (Å²) in [5.74, 6) is 0.714. The van der Waals surface area contributed by atoms with E-state index in [0.29, 0.717) is 22.6 Å². The summed E-state index contributed by atoms with van der Waals surface area (Å²) in [4.78, 5) is 11.2. The number of rotatable bonds is 6. The van der Waals surface area contributed by atoms with Gasteiger partial charge in [-0.15, -0.1) is 0 Å². The van der Waals surface area contributed by atoms with Crippen LogP contribution >= 0.6 is 11.3 Å². The van der Waals surface area contributed by atoms with E-state index in [-0.39, 0.29) is 0 Å². The molecule has 0 amide bonds. The highest BCUT2D eigenvalue weighted by atomic mass is 32.1. The Kier molecular flexibility index (Phi) is 4.72. The van der Waals surface area contributed by atoms with Crippen LogP contribution in [0, 0.1) is 0 Å². The zero-order valence-electron chi connectivity index (χ0n) is 15.6. The van der Waals surface area contributed by atoms with Crippen LogP contribution in [0.25, 0.3) is 21.3 Å². The summed E-state index contributed by atoms with van der Waals surface area (Å²) < 4.78 is 18.1. The molecule has 0 radical (unpaired) electrons. The first-order valence-corrected chi connectivity index (χ1v) is 10.2. The van der Waals surface area contributed by atoms with E-state index in [1.54, 1.807) is 13.3 Å². The molecule has 4 heterocycles. The molecule has 1 aliphatic rings. The van der Waals surface area contributed by atoms with Gasteiger partial charge in [0.25, 0.3) is 5.19 Å². The number of thiazole rings is 1. The van der Waals surface area contributed by atoms with Crippen molar-refractivity contribution in [2.75, 3.05) is 20.3 Å². The summed E-state index contributed by atoms with van der Waals surface area (Å²) in [5, 5.41) is 1.71. The van der Waals surface area contributed by atoms with E-state index in [1.165, 1.54) is 29.7 Å². The largest absolute Gasteiger partial charge is 0.464 e. The number of pyridine rings is 1. The Morgan fingerprint density at radius 2 is 2.29 bits per heavy atom. The molecule has 0 unspecified atom stereocenters. The smallest absolute Gasteiger partial charge is 0.281 e. The third kappa shape index (κ3) is 3.37.